The average molecular weight is 456 g/mol. The molecule has 0 spiro atoms. The number of aromatic nitrogens is 1. The molecule has 5 rings (SSSR count). The highest BCUT2D eigenvalue weighted by molar-refractivity contribution is 5.84. The molecule has 1 aliphatic heterocycles. The number of rotatable bonds is 8. The number of nitrogens with zero attached hydrogens (tertiary/aromatic N) is 2. The van der Waals surface area contributed by atoms with Crippen LogP contribution < -0.4 is 10.1 Å². The van der Waals surface area contributed by atoms with E-state index in [2.05, 4.69) is 57.7 Å². The van der Waals surface area contributed by atoms with Crippen molar-refractivity contribution in [3.63, 3.8) is 0 Å². The Morgan fingerprint density at radius 1 is 1.09 bits per heavy atom. The molecule has 34 heavy (non-hydrogen) atoms. The molecular formula is C29H33N3O2. The van der Waals surface area contributed by atoms with Crippen molar-refractivity contribution in [3.05, 3.63) is 84.1 Å². The van der Waals surface area contributed by atoms with Crippen molar-refractivity contribution < 1.29 is 9.84 Å². The molecule has 2 N–H and O–H groups in total. The Morgan fingerprint density at radius 3 is 2.85 bits per heavy atom. The summed E-state index contributed by atoms with van der Waals surface area (Å²) in [4.78, 5) is 6.85. The highest BCUT2D eigenvalue weighted by atomic mass is 16.5. The minimum atomic E-state index is -0.554. The number of aliphatic hydroxyl groups excluding tert-OH is 1. The van der Waals surface area contributed by atoms with Gasteiger partial charge in [-0.25, -0.2) is 0 Å². The molecule has 5 nitrogen and oxygen atoms in total. The Kier molecular flexibility index (Phi) is 7.05. The van der Waals surface area contributed by atoms with Gasteiger partial charge >= 0.3 is 0 Å². The van der Waals surface area contributed by atoms with Gasteiger partial charge in [0.05, 0.1) is 18.7 Å². The fourth-order valence-electron chi connectivity index (χ4n) is 5.16. The molecule has 4 aromatic rings. The Labute approximate surface area is 201 Å². The number of likely N-dealkylation sites (tertiary alicyclic amines) is 1. The second-order valence-electron chi connectivity index (χ2n) is 9.38. The van der Waals surface area contributed by atoms with E-state index in [9.17, 15) is 5.11 Å². The SMILES string of the molecule is COc1ccc2nccc(C(O)CN3CCCC(CNCc4ccc5ccccc5c4)C3)c2c1. The highest BCUT2D eigenvalue weighted by Gasteiger charge is 2.23. The molecule has 1 aromatic heterocycles. The van der Waals surface area contributed by atoms with Crippen LogP contribution in [-0.2, 0) is 6.54 Å². The van der Waals surface area contributed by atoms with E-state index in [1.54, 1.807) is 13.3 Å². The molecule has 1 fully saturated rings. The van der Waals surface area contributed by atoms with Gasteiger partial charge in [-0.2, -0.15) is 0 Å². The first-order valence-corrected chi connectivity index (χ1v) is 12.2. The number of ether oxygens (including phenoxy) is 1. The summed E-state index contributed by atoms with van der Waals surface area (Å²) in [5, 5.41) is 18.3. The topological polar surface area (TPSA) is 57.6 Å². The lowest BCUT2D eigenvalue weighted by molar-refractivity contribution is 0.0849. The lowest BCUT2D eigenvalue weighted by Crippen LogP contribution is -2.41. The number of pyridine rings is 1. The van der Waals surface area contributed by atoms with Crippen LogP contribution in [0.25, 0.3) is 21.7 Å². The molecular weight excluding hydrogens is 422 g/mol. The molecule has 176 valence electrons. The van der Waals surface area contributed by atoms with Gasteiger partial charge in [0.1, 0.15) is 5.75 Å². The molecule has 0 radical (unpaired) electrons. The number of β-amino-alcohol motifs (C(OH)–C–C–N with tert-alkyl or cyclic N) is 1. The van der Waals surface area contributed by atoms with E-state index < -0.39 is 6.10 Å². The van der Waals surface area contributed by atoms with E-state index in [-0.39, 0.29) is 0 Å². The van der Waals surface area contributed by atoms with Crippen molar-refractivity contribution in [1.29, 1.82) is 0 Å². The van der Waals surface area contributed by atoms with Gasteiger partial charge in [0.25, 0.3) is 0 Å². The van der Waals surface area contributed by atoms with Crippen molar-refractivity contribution in [1.82, 2.24) is 15.2 Å². The van der Waals surface area contributed by atoms with Gasteiger partial charge in [0, 0.05) is 31.2 Å². The van der Waals surface area contributed by atoms with Crippen molar-refractivity contribution in [2.24, 2.45) is 5.92 Å². The summed E-state index contributed by atoms with van der Waals surface area (Å²) < 4.78 is 5.38. The van der Waals surface area contributed by atoms with E-state index in [0.29, 0.717) is 12.5 Å². The average Bonchev–Trinajstić information content (AvgIpc) is 2.88. The van der Waals surface area contributed by atoms with Crippen LogP contribution in [0.3, 0.4) is 0 Å². The fraction of sp³-hybridized carbons (Fsp3) is 0.345. The number of nitrogens with one attached hydrogen (secondary N) is 1. The van der Waals surface area contributed by atoms with E-state index >= 15 is 0 Å². The predicted molar refractivity (Wildman–Crippen MR) is 138 cm³/mol. The van der Waals surface area contributed by atoms with Crippen LogP contribution >= 0.6 is 0 Å². The zero-order chi connectivity index (χ0) is 23.3. The summed E-state index contributed by atoms with van der Waals surface area (Å²) in [6.07, 6.45) is 3.62. The van der Waals surface area contributed by atoms with Crippen LogP contribution in [-0.4, -0.2) is 48.3 Å². The predicted octanol–water partition coefficient (Wildman–Crippen LogP) is 4.93. The van der Waals surface area contributed by atoms with Crippen molar-refractivity contribution in [2.45, 2.75) is 25.5 Å². The molecule has 0 aliphatic carbocycles. The van der Waals surface area contributed by atoms with E-state index in [1.807, 2.05) is 24.3 Å². The summed E-state index contributed by atoms with van der Waals surface area (Å²) in [7, 11) is 1.66. The second kappa shape index (κ2) is 10.5. The maximum Gasteiger partial charge on any atom is 0.119 e. The number of piperidine rings is 1. The zero-order valence-electron chi connectivity index (χ0n) is 19.8. The first-order valence-electron chi connectivity index (χ1n) is 12.2. The van der Waals surface area contributed by atoms with Crippen LogP contribution in [0, 0.1) is 5.92 Å². The van der Waals surface area contributed by atoms with Crippen molar-refractivity contribution in [3.8, 4) is 5.75 Å². The van der Waals surface area contributed by atoms with Crippen molar-refractivity contribution in [2.75, 3.05) is 33.3 Å². The Bertz CT molecular complexity index is 1260. The second-order valence-corrected chi connectivity index (χ2v) is 9.38. The Hall–Kier alpha value is -2.99. The molecule has 2 atom stereocenters. The fourth-order valence-corrected chi connectivity index (χ4v) is 5.16. The maximum absolute atomic E-state index is 11.1. The van der Waals surface area contributed by atoms with Crippen molar-refractivity contribution >= 4 is 21.7 Å². The third kappa shape index (κ3) is 5.22. The number of hydrogen-bond donors (Lipinski definition) is 2. The number of methoxy groups -OCH3 is 1. The summed E-state index contributed by atoms with van der Waals surface area (Å²) in [5.74, 6) is 1.38. The van der Waals surface area contributed by atoms with Gasteiger partial charge in [0.2, 0.25) is 0 Å². The lowest BCUT2D eigenvalue weighted by Gasteiger charge is -2.34. The lowest BCUT2D eigenvalue weighted by atomic mass is 9.96. The molecule has 0 amide bonds. The molecule has 5 heteroatoms. The van der Waals surface area contributed by atoms with E-state index in [4.69, 9.17) is 4.74 Å². The molecule has 2 heterocycles. The third-order valence-corrected chi connectivity index (χ3v) is 6.95. The van der Waals surface area contributed by atoms with E-state index in [0.717, 1.165) is 48.4 Å². The van der Waals surface area contributed by atoms with Gasteiger partial charge in [-0.05, 0) is 84.1 Å². The van der Waals surface area contributed by atoms with Crippen LogP contribution in [0.4, 0.5) is 0 Å². The van der Waals surface area contributed by atoms with Gasteiger partial charge in [0.15, 0.2) is 0 Å². The molecule has 1 saturated heterocycles. The number of hydrogen-bond acceptors (Lipinski definition) is 5. The summed E-state index contributed by atoms with van der Waals surface area (Å²) in [6.45, 7) is 4.56. The van der Waals surface area contributed by atoms with Gasteiger partial charge in [-0.15, -0.1) is 0 Å². The van der Waals surface area contributed by atoms with E-state index in [1.165, 1.54) is 29.2 Å². The zero-order valence-corrected chi connectivity index (χ0v) is 19.8. The molecule has 1 aliphatic rings. The molecule has 2 unspecified atom stereocenters. The summed E-state index contributed by atoms with van der Waals surface area (Å²) >= 11 is 0. The van der Waals surface area contributed by atoms with Crippen LogP contribution in [0.5, 0.6) is 5.75 Å². The standard InChI is InChI=1S/C29H33N3O2/c1-34-25-10-11-28-27(16-25)26(12-13-31-28)29(33)20-32-14-4-5-22(19-32)18-30-17-21-8-9-23-6-2-3-7-24(23)15-21/h2-3,6-13,15-16,22,29-30,33H,4-5,14,17-20H2,1H3. The Morgan fingerprint density at radius 2 is 1.97 bits per heavy atom. The monoisotopic (exact) mass is 455 g/mol. The third-order valence-electron chi connectivity index (χ3n) is 6.95. The van der Waals surface area contributed by atoms with Gasteiger partial charge in [-0.3, -0.25) is 4.98 Å². The van der Waals surface area contributed by atoms with Gasteiger partial charge < -0.3 is 20.1 Å². The van der Waals surface area contributed by atoms with Crippen LogP contribution in [0.15, 0.2) is 72.9 Å². The normalized spacial score (nSPS) is 17.8. The molecule has 3 aromatic carbocycles. The van der Waals surface area contributed by atoms with Gasteiger partial charge in [-0.1, -0.05) is 36.4 Å². The number of fused-ring (bicyclic) bond motifs is 2. The quantitative estimate of drug-likeness (QED) is 0.394. The highest BCUT2D eigenvalue weighted by Crippen LogP contribution is 2.28. The number of benzene rings is 3. The number of aliphatic hydroxyl groups is 1. The summed E-state index contributed by atoms with van der Waals surface area (Å²) in [5.41, 5.74) is 3.12. The molecule has 0 bridgehead atoms. The van der Waals surface area contributed by atoms with Crippen LogP contribution in [0.2, 0.25) is 0 Å². The smallest absolute Gasteiger partial charge is 0.119 e. The summed E-state index contributed by atoms with van der Waals surface area (Å²) in [6, 6.07) is 23.0. The minimum Gasteiger partial charge on any atom is -0.497 e. The first kappa shape index (κ1) is 22.8. The van der Waals surface area contributed by atoms with Crippen LogP contribution in [0.1, 0.15) is 30.1 Å². The Balaban J connectivity index is 1.17. The maximum atomic E-state index is 11.1. The minimum absolute atomic E-state index is 0.554. The first-order chi connectivity index (χ1) is 16.7. The largest absolute Gasteiger partial charge is 0.497 e. The molecule has 0 saturated carbocycles.